The third kappa shape index (κ3) is 3.92. The minimum absolute atomic E-state index is 0.129. The Morgan fingerprint density at radius 2 is 1.86 bits per heavy atom. The molecule has 28 heavy (non-hydrogen) atoms. The number of carbonyl (C=O) groups is 2. The van der Waals surface area contributed by atoms with Crippen LogP contribution in [-0.4, -0.2) is 32.6 Å². The summed E-state index contributed by atoms with van der Waals surface area (Å²) < 4.78 is 10.6. The fourth-order valence-electron chi connectivity index (χ4n) is 3.36. The molecule has 6 nitrogen and oxygen atoms in total. The molecule has 1 atom stereocenters. The lowest BCUT2D eigenvalue weighted by Gasteiger charge is -2.21. The number of hydrogen-bond donors (Lipinski definition) is 1. The number of ether oxygens (including phenoxy) is 2. The first-order chi connectivity index (χ1) is 13.3. The van der Waals surface area contributed by atoms with E-state index in [4.69, 9.17) is 21.1 Å². The maximum Gasteiger partial charge on any atom is 0.229 e. The first-order valence-corrected chi connectivity index (χ1v) is 9.31. The Morgan fingerprint density at radius 1 is 1.14 bits per heavy atom. The second kappa shape index (κ2) is 8.10. The Kier molecular flexibility index (Phi) is 5.79. The van der Waals surface area contributed by atoms with E-state index in [1.54, 1.807) is 12.1 Å². The van der Waals surface area contributed by atoms with Crippen LogP contribution in [0.4, 0.5) is 11.4 Å². The molecule has 0 saturated carbocycles. The Hall–Kier alpha value is -2.73. The van der Waals surface area contributed by atoms with Crippen molar-refractivity contribution in [3.63, 3.8) is 0 Å². The van der Waals surface area contributed by atoms with E-state index in [-0.39, 0.29) is 24.8 Å². The van der Waals surface area contributed by atoms with Gasteiger partial charge in [0.1, 0.15) is 11.5 Å². The van der Waals surface area contributed by atoms with Crippen LogP contribution < -0.4 is 19.7 Å². The molecule has 0 radical (unpaired) electrons. The molecule has 1 aliphatic heterocycles. The van der Waals surface area contributed by atoms with Crippen LogP contribution >= 0.6 is 11.6 Å². The molecule has 2 aromatic carbocycles. The standard InChI is InChI=1S/C21H23ClN2O4/c1-12-5-6-16(13(2)7-12)23-21(26)14-8-20(25)24(11-14)17-9-15(22)18(27-3)10-19(17)28-4/h5-7,9-10,14H,8,11H2,1-4H3,(H,23,26)/t14-/m1/s1. The lowest BCUT2D eigenvalue weighted by atomic mass is 10.1. The lowest BCUT2D eigenvalue weighted by Crippen LogP contribution is -2.28. The zero-order chi connectivity index (χ0) is 20.4. The molecule has 148 valence electrons. The molecule has 7 heteroatoms. The number of amides is 2. The van der Waals surface area contributed by atoms with E-state index < -0.39 is 5.92 Å². The summed E-state index contributed by atoms with van der Waals surface area (Å²) in [5.74, 6) is 0.128. The quantitative estimate of drug-likeness (QED) is 0.821. The zero-order valence-corrected chi connectivity index (χ0v) is 17.1. The van der Waals surface area contributed by atoms with Crippen LogP contribution in [0.3, 0.4) is 0 Å². The second-order valence-electron chi connectivity index (χ2n) is 6.87. The molecule has 0 bridgehead atoms. The minimum Gasteiger partial charge on any atom is -0.495 e. The van der Waals surface area contributed by atoms with Gasteiger partial charge in [-0.1, -0.05) is 29.3 Å². The molecule has 1 aliphatic rings. The molecule has 0 unspecified atom stereocenters. The maximum absolute atomic E-state index is 12.7. The summed E-state index contributed by atoms with van der Waals surface area (Å²) in [5, 5.41) is 3.30. The van der Waals surface area contributed by atoms with Crippen molar-refractivity contribution in [2.45, 2.75) is 20.3 Å². The third-order valence-corrected chi connectivity index (χ3v) is 5.18. The van der Waals surface area contributed by atoms with E-state index in [2.05, 4.69) is 5.32 Å². The second-order valence-corrected chi connectivity index (χ2v) is 7.28. The van der Waals surface area contributed by atoms with Crippen LogP contribution in [0.25, 0.3) is 0 Å². The zero-order valence-electron chi connectivity index (χ0n) is 16.3. The van der Waals surface area contributed by atoms with Gasteiger partial charge >= 0.3 is 0 Å². The number of methoxy groups -OCH3 is 2. The highest BCUT2D eigenvalue weighted by Gasteiger charge is 2.36. The molecule has 2 aromatic rings. The van der Waals surface area contributed by atoms with Gasteiger partial charge in [-0.2, -0.15) is 0 Å². The number of rotatable bonds is 5. The lowest BCUT2D eigenvalue weighted by molar-refractivity contribution is -0.122. The fraction of sp³-hybridized carbons (Fsp3) is 0.333. The number of carbonyl (C=O) groups excluding carboxylic acids is 2. The van der Waals surface area contributed by atoms with E-state index in [9.17, 15) is 9.59 Å². The summed E-state index contributed by atoms with van der Waals surface area (Å²) in [4.78, 5) is 26.9. The van der Waals surface area contributed by atoms with Crippen LogP contribution in [-0.2, 0) is 9.59 Å². The third-order valence-electron chi connectivity index (χ3n) is 4.88. The summed E-state index contributed by atoms with van der Waals surface area (Å²) in [6.07, 6.45) is 0.129. The number of hydrogen-bond acceptors (Lipinski definition) is 4. The van der Waals surface area contributed by atoms with Crippen LogP contribution in [0.1, 0.15) is 17.5 Å². The van der Waals surface area contributed by atoms with Gasteiger partial charge in [0.25, 0.3) is 0 Å². The molecule has 2 amide bonds. The summed E-state index contributed by atoms with van der Waals surface area (Å²) in [5.41, 5.74) is 3.39. The topological polar surface area (TPSA) is 67.9 Å². The van der Waals surface area contributed by atoms with Gasteiger partial charge in [-0.25, -0.2) is 0 Å². The first-order valence-electron chi connectivity index (χ1n) is 8.94. The van der Waals surface area contributed by atoms with Crippen molar-refractivity contribution in [1.29, 1.82) is 0 Å². The Labute approximate surface area is 169 Å². The van der Waals surface area contributed by atoms with Crippen molar-refractivity contribution >= 4 is 34.8 Å². The molecule has 1 saturated heterocycles. The number of benzene rings is 2. The number of aryl methyl sites for hydroxylation is 2. The number of halogens is 1. The van der Waals surface area contributed by atoms with Gasteiger partial charge in [0.05, 0.1) is 30.8 Å². The summed E-state index contributed by atoms with van der Waals surface area (Å²) in [7, 11) is 3.02. The molecule has 0 aromatic heterocycles. The molecular formula is C21H23ClN2O4. The molecule has 3 rings (SSSR count). The van der Waals surface area contributed by atoms with Gasteiger partial charge in [-0.15, -0.1) is 0 Å². The van der Waals surface area contributed by atoms with E-state index in [1.165, 1.54) is 19.1 Å². The van der Waals surface area contributed by atoms with Crippen molar-refractivity contribution in [2.75, 3.05) is 31.0 Å². The Balaban J connectivity index is 1.80. The fourth-order valence-corrected chi connectivity index (χ4v) is 3.59. The smallest absolute Gasteiger partial charge is 0.229 e. The van der Waals surface area contributed by atoms with Gasteiger partial charge in [-0.3, -0.25) is 9.59 Å². The van der Waals surface area contributed by atoms with E-state index in [1.807, 2.05) is 32.0 Å². The first kappa shape index (κ1) is 20.0. The molecule has 1 N–H and O–H groups in total. The predicted molar refractivity (Wildman–Crippen MR) is 110 cm³/mol. The molecule has 0 spiro atoms. The summed E-state index contributed by atoms with van der Waals surface area (Å²) in [6, 6.07) is 9.09. The monoisotopic (exact) mass is 402 g/mol. The Bertz CT molecular complexity index is 929. The molecular weight excluding hydrogens is 380 g/mol. The number of nitrogens with one attached hydrogen (secondary N) is 1. The van der Waals surface area contributed by atoms with Gasteiger partial charge in [0.2, 0.25) is 11.8 Å². The number of nitrogens with zero attached hydrogens (tertiary/aromatic N) is 1. The van der Waals surface area contributed by atoms with E-state index in [0.29, 0.717) is 22.2 Å². The highest BCUT2D eigenvalue weighted by atomic mass is 35.5. The number of anilines is 2. The van der Waals surface area contributed by atoms with Crippen molar-refractivity contribution in [3.05, 3.63) is 46.5 Å². The van der Waals surface area contributed by atoms with Crippen LogP contribution in [0.5, 0.6) is 11.5 Å². The Morgan fingerprint density at radius 3 is 2.50 bits per heavy atom. The predicted octanol–water partition coefficient (Wildman–Crippen LogP) is 3.97. The van der Waals surface area contributed by atoms with Crippen LogP contribution in [0.15, 0.2) is 30.3 Å². The SMILES string of the molecule is COc1cc(OC)c(N2C[C@H](C(=O)Nc3ccc(C)cc3C)CC2=O)cc1Cl. The average molecular weight is 403 g/mol. The van der Waals surface area contributed by atoms with Crippen molar-refractivity contribution < 1.29 is 19.1 Å². The van der Waals surface area contributed by atoms with Crippen LogP contribution in [0, 0.1) is 19.8 Å². The van der Waals surface area contributed by atoms with Gasteiger partial charge in [0, 0.05) is 24.7 Å². The van der Waals surface area contributed by atoms with Gasteiger partial charge < -0.3 is 19.7 Å². The highest BCUT2D eigenvalue weighted by Crippen LogP contribution is 2.40. The largest absolute Gasteiger partial charge is 0.495 e. The normalized spacial score (nSPS) is 16.2. The minimum atomic E-state index is -0.459. The molecule has 1 heterocycles. The average Bonchev–Trinajstić information content (AvgIpc) is 3.05. The van der Waals surface area contributed by atoms with Gasteiger partial charge in [0.15, 0.2) is 0 Å². The van der Waals surface area contributed by atoms with Crippen molar-refractivity contribution in [3.8, 4) is 11.5 Å². The van der Waals surface area contributed by atoms with Crippen LogP contribution in [0.2, 0.25) is 5.02 Å². The van der Waals surface area contributed by atoms with E-state index in [0.717, 1.165) is 16.8 Å². The summed E-state index contributed by atoms with van der Waals surface area (Å²) in [6.45, 7) is 4.20. The van der Waals surface area contributed by atoms with Crippen molar-refractivity contribution in [2.24, 2.45) is 5.92 Å². The molecule has 0 aliphatic carbocycles. The van der Waals surface area contributed by atoms with Gasteiger partial charge in [-0.05, 0) is 31.5 Å². The van der Waals surface area contributed by atoms with E-state index >= 15 is 0 Å². The van der Waals surface area contributed by atoms with Crippen molar-refractivity contribution in [1.82, 2.24) is 0 Å². The highest BCUT2D eigenvalue weighted by molar-refractivity contribution is 6.32. The maximum atomic E-state index is 12.7. The molecule has 1 fully saturated rings. The summed E-state index contributed by atoms with van der Waals surface area (Å²) >= 11 is 6.22.